The summed E-state index contributed by atoms with van der Waals surface area (Å²) in [5.74, 6) is 0.0342. The van der Waals surface area contributed by atoms with Gasteiger partial charge in [-0.1, -0.05) is 34.1 Å². The minimum absolute atomic E-state index is 0.0342. The van der Waals surface area contributed by atoms with E-state index in [0.717, 1.165) is 10.0 Å². The summed E-state index contributed by atoms with van der Waals surface area (Å²) >= 11 is 3.46. The zero-order chi connectivity index (χ0) is 14.8. The van der Waals surface area contributed by atoms with Crippen LogP contribution < -0.4 is 0 Å². The predicted molar refractivity (Wildman–Crippen MR) is 82.3 cm³/mol. The molecule has 0 saturated carbocycles. The lowest BCUT2D eigenvalue weighted by molar-refractivity contribution is -0.130. The summed E-state index contributed by atoms with van der Waals surface area (Å²) in [4.78, 5) is 13.8. The number of halogens is 1. The van der Waals surface area contributed by atoms with Crippen LogP contribution in [0, 0.1) is 0 Å². The maximum absolute atomic E-state index is 12.1. The van der Waals surface area contributed by atoms with E-state index < -0.39 is 15.1 Å². The summed E-state index contributed by atoms with van der Waals surface area (Å²) in [6, 6.07) is 7.82. The third-order valence-electron chi connectivity index (χ3n) is 3.67. The van der Waals surface area contributed by atoms with Gasteiger partial charge in [-0.25, -0.2) is 8.42 Å². The second-order valence-corrected chi connectivity index (χ2v) is 8.35. The Morgan fingerprint density at radius 3 is 2.70 bits per heavy atom. The van der Waals surface area contributed by atoms with Crippen LogP contribution in [0.2, 0.25) is 0 Å². The van der Waals surface area contributed by atoms with Crippen molar-refractivity contribution in [2.24, 2.45) is 0 Å². The van der Waals surface area contributed by atoms with Crippen molar-refractivity contribution in [3.63, 3.8) is 0 Å². The number of benzene rings is 1. The van der Waals surface area contributed by atoms with E-state index in [9.17, 15) is 13.2 Å². The fourth-order valence-electron chi connectivity index (χ4n) is 2.41. The first-order chi connectivity index (χ1) is 9.38. The first-order valence-electron chi connectivity index (χ1n) is 6.58. The zero-order valence-corrected chi connectivity index (χ0v) is 13.8. The van der Waals surface area contributed by atoms with Gasteiger partial charge in [0.25, 0.3) is 0 Å². The van der Waals surface area contributed by atoms with Crippen LogP contribution >= 0.6 is 15.9 Å². The molecule has 20 heavy (non-hydrogen) atoms. The Labute approximate surface area is 128 Å². The summed E-state index contributed by atoms with van der Waals surface area (Å²) in [6.07, 6.45) is 2.88. The van der Waals surface area contributed by atoms with Crippen LogP contribution in [0.4, 0.5) is 0 Å². The van der Waals surface area contributed by atoms with E-state index in [-0.39, 0.29) is 5.91 Å². The Morgan fingerprint density at radius 2 is 2.10 bits per heavy atom. The average molecular weight is 360 g/mol. The Kier molecular flexibility index (Phi) is 4.86. The third-order valence-corrected chi connectivity index (χ3v) is 6.04. The highest BCUT2D eigenvalue weighted by molar-refractivity contribution is 9.10. The van der Waals surface area contributed by atoms with Gasteiger partial charge in [0, 0.05) is 30.2 Å². The third kappa shape index (κ3) is 3.82. The highest BCUT2D eigenvalue weighted by atomic mass is 79.9. The average Bonchev–Trinajstić information content (AvgIpc) is 2.87. The molecule has 0 radical (unpaired) electrons. The van der Waals surface area contributed by atoms with Crippen LogP contribution in [0.25, 0.3) is 0 Å². The summed E-state index contributed by atoms with van der Waals surface area (Å²) in [5, 5.41) is -0.394. The SMILES string of the molecule is CS(=O)(=O)C1CCN(C(=O)CCc2ccccc2Br)C1. The minimum Gasteiger partial charge on any atom is -0.341 e. The Bertz CT molecular complexity index is 600. The van der Waals surface area contributed by atoms with Crippen molar-refractivity contribution < 1.29 is 13.2 Å². The monoisotopic (exact) mass is 359 g/mol. The molecule has 1 saturated heterocycles. The molecule has 0 aromatic heterocycles. The smallest absolute Gasteiger partial charge is 0.222 e. The van der Waals surface area contributed by atoms with E-state index in [1.807, 2.05) is 24.3 Å². The molecule has 0 bridgehead atoms. The molecule has 4 nitrogen and oxygen atoms in total. The lowest BCUT2D eigenvalue weighted by Crippen LogP contribution is -2.31. The van der Waals surface area contributed by atoms with Gasteiger partial charge in [-0.2, -0.15) is 0 Å². The van der Waals surface area contributed by atoms with E-state index >= 15 is 0 Å². The van der Waals surface area contributed by atoms with E-state index in [4.69, 9.17) is 0 Å². The topological polar surface area (TPSA) is 54.5 Å². The number of hydrogen-bond donors (Lipinski definition) is 0. The Morgan fingerprint density at radius 1 is 1.40 bits per heavy atom. The molecule has 1 amide bonds. The van der Waals surface area contributed by atoms with Gasteiger partial charge in [-0.15, -0.1) is 0 Å². The molecule has 2 rings (SSSR count). The number of rotatable bonds is 4. The van der Waals surface area contributed by atoms with Crippen LogP contribution in [0.3, 0.4) is 0 Å². The molecule has 0 N–H and O–H groups in total. The molecule has 1 aromatic rings. The van der Waals surface area contributed by atoms with Gasteiger partial charge >= 0.3 is 0 Å². The molecule has 1 aliphatic rings. The van der Waals surface area contributed by atoms with Crippen molar-refractivity contribution in [1.29, 1.82) is 0 Å². The summed E-state index contributed by atoms with van der Waals surface area (Å²) in [7, 11) is -3.04. The number of hydrogen-bond acceptors (Lipinski definition) is 3. The molecular formula is C14H18BrNO3S. The molecule has 0 spiro atoms. The number of aryl methyl sites for hydroxylation is 1. The van der Waals surface area contributed by atoms with Gasteiger partial charge in [0.1, 0.15) is 0 Å². The molecular weight excluding hydrogens is 342 g/mol. The van der Waals surface area contributed by atoms with Crippen molar-refractivity contribution in [3.8, 4) is 0 Å². The fourth-order valence-corrected chi connectivity index (χ4v) is 3.87. The summed E-state index contributed by atoms with van der Waals surface area (Å²) in [6.45, 7) is 0.889. The van der Waals surface area contributed by atoms with E-state index in [2.05, 4.69) is 15.9 Å². The standard InChI is InChI=1S/C14H18BrNO3S/c1-20(18,19)12-8-9-16(10-12)14(17)7-6-11-4-2-3-5-13(11)15/h2-5,12H,6-10H2,1H3. The maximum atomic E-state index is 12.1. The van der Waals surface area contributed by atoms with Crippen molar-refractivity contribution in [2.45, 2.75) is 24.5 Å². The van der Waals surface area contributed by atoms with Crippen LogP contribution in [0.5, 0.6) is 0 Å². The van der Waals surface area contributed by atoms with Gasteiger partial charge in [-0.05, 0) is 24.5 Å². The number of sulfone groups is 1. The first-order valence-corrected chi connectivity index (χ1v) is 9.32. The highest BCUT2D eigenvalue weighted by Crippen LogP contribution is 2.20. The van der Waals surface area contributed by atoms with Crippen molar-refractivity contribution in [3.05, 3.63) is 34.3 Å². The minimum atomic E-state index is -3.04. The molecule has 110 valence electrons. The molecule has 1 atom stereocenters. The molecule has 6 heteroatoms. The molecule has 0 aliphatic carbocycles. The van der Waals surface area contributed by atoms with Crippen molar-refractivity contribution in [1.82, 2.24) is 4.90 Å². The number of carbonyl (C=O) groups excluding carboxylic acids is 1. The molecule has 1 fully saturated rings. The van der Waals surface area contributed by atoms with E-state index in [1.54, 1.807) is 4.90 Å². The Hall–Kier alpha value is -0.880. The van der Waals surface area contributed by atoms with Gasteiger partial charge in [-0.3, -0.25) is 4.79 Å². The van der Waals surface area contributed by atoms with E-state index in [1.165, 1.54) is 6.26 Å². The summed E-state index contributed by atoms with van der Waals surface area (Å²) < 4.78 is 24.0. The lowest BCUT2D eigenvalue weighted by atomic mass is 10.1. The number of amides is 1. The maximum Gasteiger partial charge on any atom is 0.222 e. The zero-order valence-electron chi connectivity index (χ0n) is 11.4. The van der Waals surface area contributed by atoms with Crippen LogP contribution in [-0.4, -0.2) is 43.8 Å². The van der Waals surface area contributed by atoms with Crippen LogP contribution in [0.1, 0.15) is 18.4 Å². The van der Waals surface area contributed by atoms with Gasteiger partial charge in [0.2, 0.25) is 5.91 Å². The quantitative estimate of drug-likeness (QED) is 0.826. The molecule has 1 heterocycles. The second-order valence-electron chi connectivity index (χ2n) is 5.17. The largest absolute Gasteiger partial charge is 0.341 e. The van der Waals surface area contributed by atoms with Crippen LogP contribution in [0.15, 0.2) is 28.7 Å². The number of likely N-dealkylation sites (tertiary alicyclic amines) is 1. The van der Waals surface area contributed by atoms with Gasteiger partial charge in [0.15, 0.2) is 9.84 Å². The Balaban J connectivity index is 1.89. The van der Waals surface area contributed by atoms with Crippen molar-refractivity contribution in [2.75, 3.05) is 19.3 Å². The second kappa shape index (κ2) is 6.26. The molecule has 1 aromatic carbocycles. The van der Waals surface area contributed by atoms with Gasteiger partial charge < -0.3 is 4.90 Å². The van der Waals surface area contributed by atoms with Gasteiger partial charge in [0.05, 0.1) is 5.25 Å². The molecule has 1 aliphatic heterocycles. The molecule has 1 unspecified atom stereocenters. The lowest BCUT2D eigenvalue weighted by Gasteiger charge is -2.16. The normalized spacial score (nSPS) is 19.3. The fraction of sp³-hybridized carbons (Fsp3) is 0.500. The number of nitrogens with zero attached hydrogens (tertiary/aromatic N) is 1. The first kappa shape index (κ1) is 15.5. The van der Waals surface area contributed by atoms with E-state index in [0.29, 0.717) is 32.4 Å². The summed E-state index contributed by atoms with van der Waals surface area (Å²) in [5.41, 5.74) is 1.10. The highest BCUT2D eigenvalue weighted by Gasteiger charge is 2.32. The predicted octanol–water partition coefficient (Wildman–Crippen LogP) is 2.03. The van der Waals surface area contributed by atoms with Crippen molar-refractivity contribution >= 4 is 31.7 Å². The van der Waals surface area contributed by atoms with Crippen LogP contribution in [-0.2, 0) is 21.1 Å². The number of carbonyl (C=O) groups is 1.